The van der Waals surface area contributed by atoms with Crippen molar-refractivity contribution in [2.75, 3.05) is 7.05 Å². The van der Waals surface area contributed by atoms with Gasteiger partial charge in [-0.2, -0.15) is 0 Å². The molecule has 0 unspecified atom stereocenters. The maximum Gasteiger partial charge on any atom is 0.225 e. The van der Waals surface area contributed by atoms with E-state index < -0.39 is 0 Å². The summed E-state index contributed by atoms with van der Waals surface area (Å²) in [5, 5.41) is 3.16. The van der Waals surface area contributed by atoms with Crippen LogP contribution < -0.4 is 5.32 Å². The number of carbonyl (C=O) groups excluding carboxylic acids is 2. The number of rotatable bonds is 4. The first-order valence-electron chi connectivity index (χ1n) is 6.18. The summed E-state index contributed by atoms with van der Waals surface area (Å²) in [5.41, 5.74) is 1.91. The molecule has 0 fully saturated rings. The van der Waals surface area contributed by atoms with Crippen LogP contribution >= 0.6 is 11.6 Å². The van der Waals surface area contributed by atoms with Crippen LogP contribution in [0.3, 0.4) is 0 Å². The van der Waals surface area contributed by atoms with E-state index in [1.807, 2.05) is 0 Å². The fourth-order valence-electron chi connectivity index (χ4n) is 1.96. The van der Waals surface area contributed by atoms with Crippen molar-refractivity contribution in [1.29, 1.82) is 0 Å². The molecule has 0 bridgehead atoms. The van der Waals surface area contributed by atoms with E-state index in [0.29, 0.717) is 16.3 Å². The standard InChI is InChI=1S/C15H15ClN2O2/c1-17-14(19)9-12-7-8-13(18(12)2)15(20)10-3-5-11(16)6-4-10/h3-8H,9H2,1-2H3,(H,17,19). The summed E-state index contributed by atoms with van der Waals surface area (Å²) in [4.78, 5) is 23.8. The average Bonchev–Trinajstić information content (AvgIpc) is 2.80. The van der Waals surface area contributed by atoms with Crippen molar-refractivity contribution in [2.24, 2.45) is 7.05 Å². The summed E-state index contributed by atoms with van der Waals surface area (Å²) in [6, 6.07) is 10.3. The van der Waals surface area contributed by atoms with Gasteiger partial charge in [0.25, 0.3) is 0 Å². The second-order valence-corrected chi connectivity index (χ2v) is 4.89. The van der Waals surface area contributed by atoms with E-state index in [2.05, 4.69) is 5.32 Å². The van der Waals surface area contributed by atoms with Gasteiger partial charge in [-0.3, -0.25) is 9.59 Å². The van der Waals surface area contributed by atoms with Crippen molar-refractivity contribution in [2.45, 2.75) is 6.42 Å². The molecule has 1 aromatic heterocycles. The van der Waals surface area contributed by atoms with Crippen LogP contribution in [0.2, 0.25) is 5.02 Å². The largest absolute Gasteiger partial charge is 0.359 e. The zero-order valence-corrected chi connectivity index (χ0v) is 12.1. The van der Waals surface area contributed by atoms with E-state index >= 15 is 0 Å². The number of amides is 1. The van der Waals surface area contributed by atoms with Gasteiger partial charge in [0.15, 0.2) is 0 Å². The van der Waals surface area contributed by atoms with Crippen LogP contribution in [-0.2, 0) is 18.3 Å². The lowest BCUT2D eigenvalue weighted by atomic mass is 10.1. The monoisotopic (exact) mass is 290 g/mol. The van der Waals surface area contributed by atoms with Crippen molar-refractivity contribution in [3.8, 4) is 0 Å². The van der Waals surface area contributed by atoms with Crippen LogP contribution in [0.4, 0.5) is 0 Å². The predicted octanol–water partition coefficient (Wildman–Crippen LogP) is 2.20. The minimum Gasteiger partial charge on any atom is -0.359 e. The minimum atomic E-state index is -0.0904. The highest BCUT2D eigenvalue weighted by atomic mass is 35.5. The fraction of sp³-hybridized carbons (Fsp3) is 0.200. The van der Waals surface area contributed by atoms with Gasteiger partial charge in [-0.25, -0.2) is 0 Å². The van der Waals surface area contributed by atoms with Crippen LogP contribution in [0, 0.1) is 0 Å². The van der Waals surface area contributed by atoms with Gasteiger partial charge in [-0.1, -0.05) is 11.6 Å². The molecular weight excluding hydrogens is 276 g/mol. The molecule has 1 amide bonds. The van der Waals surface area contributed by atoms with Gasteiger partial charge in [0.1, 0.15) is 0 Å². The van der Waals surface area contributed by atoms with Gasteiger partial charge in [-0.05, 0) is 36.4 Å². The van der Waals surface area contributed by atoms with Crippen LogP contribution in [0.15, 0.2) is 36.4 Å². The van der Waals surface area contributed by atoms with Crippen LogP contribution in [-0.4, -0.2) is 23.3 Å². The molecule has 1 N–H and O–H groups in total. The summed E-state index contributed by atoms with van der Waals surface area (Å²) in [7, 11) is 3.37. The minimum absolute atomic E-state index is 0.0864. The highest BCUT2D eigenvalue weighted by molar-refractivity contribution is 6.30. The maximum atomic E-state index is 12.4. The van der Waals surface area contributed by atoms with Gasteiger partial charge in [0, 0.05) is 30.4 Å². The number of nitrogens with one attached hydrogen (secondary N) is 1. The van der Waals surface area contributed by atoms with Crippen LogP contribution in [0.25, 0.3) is 0 Å². The molecule has 0 saturated carbocycles. The molecule has 0 aliphatic rings. The third-order valence-corrected chi connectivity index (χ3v) is 3.44. The van der Waals surface area contributed by atoms with E-state index in [4.69, 9.17) is 11.6 Å². The number of aromatic nitrogens is 1. The quantitative estimate of drug-likeness (QED) is 0.878. The molecule has 2 rings (SSSR count). The summed E-state index contributed by atoms with van der Waals surface area (Å²) >= 11 is 5.81. The number of carbonyl (C=O) groups is 2. The number of hydrogen-bond donors (Lipinski definition) is 1. The normalized spacial score (nSPS) is 10.3. The Balaban J connectivity index is 2.27. The summed E-state index contributed by atoms with van der Waals surface area (Å²) < 4.78 is 1.74. The van der Waals surface area contributed by atoms with E-state index in [9.17, 15) is 9.59 Å². The molecule has 4 nitrogen and oxygen atoms in total. The van der Waals surface area contributed by atoms with Crippen molar-refractivity contribution < 1.29 is 9.59 Å². The lowest BCUT2D eigenvalue weighted by molar-refractivity contribution is -0.120. The van der Waals surface area contributed by atoms with E-state index in [-0.39, 0.29) is 18.1 Å². The smallest absolute Gasteiger partial charge is 0.225 e. The van der Waals surface area contributed by atoms with Crippen LogP contribution in [0.1, 0.15) is 21.7 Å². The fourth-order valence-corrected chi connectivity index (χ4v) is 2.09. The Labute approximate surface area is 122 Å². The SMILES string of the molecule is CNC(=O)Cc1ccc(C(=O)c2ccc(Cl)cc2)n1C. The molecule has 1 heterocycles. The number of hydrogen-bond acceptors (Lipinski definition) is 2. The molecule has 0 spiro atoms. The first kappa shape index (κ1) is 14.3. The first-order chi connectivity index (χ1) is 9.52. The molecule has 0 radical (unpaired) electrons. The highest BCUT2D eigenvalue weighted by Crippen LogP contribution is 2.16. The topological polar surface area (TPSA) is 51.1 Å². The Bertz CT molecular complexity index is 644. The molecule has 0 saturated heterocycles. The molecule has 104 valence electrons. The summed E-state index contributed by atoms with van der Waals surface area (Å²) in [6.07, 6.45) is 0.251. The maximum absolute atomic E-state index is 12.4. The van der Waals surface area contributed by atoms with Gasteiger partial charge < -0.3 is 9.88 Å². The number of halogens is 1. The van der Waals surface area contributed by atoms with Gasteiger partial charge >= 0.3 is 0 Å². The second-order valence-electron chi connectivity index (χ2n) is 4.45. The summed E-state index contributed by atoms with van der Waals surface area (Å²) in [6.45, 7) is 0. The van der Waals surface area contributed by atoms with Crippen molar-refractivity contribution in [1.82, 2.24) is 9.88 Å². The molecule has 5 heteroatoms. The van der Waals surface area contributed by atoms with Crippen molar-refractivity contribution >= 4 is 23.3 Å². The summed E-state index contributed by atoms with van der Waals surface area (Å²) in [5.74, 6) is -0.177. The van der Waals surface area contributed by atoms with Crippen molar-refractivity contribution in [3.05, 3.63) is 58.4 Å². The van der Waals surface area contributed by atoms with Crippen molar-refractivity contribution in [3.63, 3.8) is 0 Å². The number of likely N-dealkylation sites (N-methyl/N-ethyl adjacent to an activating group) is 1. The highest BCUT2D eigenvalue weighted by Gasteiger charge is 2.15. The predicted molar refractivity (Wildman–Crippen MR) is 78.1 cm³/mol. The van der Waals surface area contributed by atoms with Crippen LogP contribution in [0.5, 0.6) is 0 Å². The molecule has 0 aliphatic carbocycles. The third-order valence-electron chi connectivity index (χ3n) is 3.19. The Kier molecular flexibility index (Phi) is 4.25. The third kappa shape index (κ3) is 2.91. The molecule has 0 aliphatic heterocycles. The Morgan fingerprint density at radius 2 is 1.80 bits per heavy atom. The molecule has 2 aromatic rings. The van der Waals surface area contributed by atoms with Gasteiger partial charge in [0.05, 0.1) is 12.1 Å². The van der Waals surface area contributed by atoms with E-state index in [1.54, 1.807) is 55.1 Å². The zero-order valence-electron chi connectivity index (χ0n) is 11.3. The first-order valence-corrected chi connectivity index (χ1v) is 6.56. The number of nitrogens with zero attached hydrogens (tertiary/aromatic N) is 1. The number of benzene rings is 1. The average molecular weight is 291 g/mol. The second kappa shape index (κ2) is 5.92. The van der Waals surface area contributed by atoms with Gasteiger partial charge in [0.2, 0.25) is 11.7 Å². The van der Waals surface area contributed by atoms with Gasteiger partial charge in [-0.15, -0.1) is 0 Å². The van der Waals surface area contributed by atoms with E-state index in [1.165, 1.54) is 0 Å². The molecular formula is C15H15ClN2O2. The lowest BCUT2D eigenvalue weighted by Gasteiger charge is -2.07. The Morgan fingerprint density at radius 1 is 1.15 bits per heavy atom. The number of ketones is 1. The zero-order chi connectivity index (χ0) is 14.7. The van der Waals surface area contributed by atoms with E-state index in [0.717, 1.165) is 5.69 Å². The Hall–Kier alpha value is -2.07. The molecule has 20 heavy (non-hydrogen) atoms. The lowest BCUT2D eigenvalue weighted by Crippen LogP contribution is -2.21. The molecule has 1 aromatic carbocycles. The molecule has 0 atom stereocenters. The Morgan fingerprint density at radius 3 is 2.40 bits per heavy atom.